The number of nitrogens with zero attached hydrogens (tertiary/aromatic N) is 6. The van der Waals surface area contributed by atoms with E-state index in [0.717, 1.165) is 43.5 Å². The summed E-state index contributed by atoms with van der Waals surface area (Å²) in [5.41, 5.74) is 2.06. The summed E-state index contributed by atoms with van der Waals surface area (Å²) in [7, 11) is 0. The van der Waals surface area contributed by atoms with Crippen molar-refractivity contribution in [3.05, 3.63) is 47.8 Å². The van der Waals surface area contributed by atoms with Crippen molar-refractivity contribution in [2.24, 2.45) is 0 Å². The molecule has 2 aromatic heterocycles. The summed E-state index contributed by atoms with van der Waals surface area (Å²) < 4.78 is 19.1. The Balaban J connectivity index is 1.63. The summed E-state index contributed by atoms with van der Waals surface area (Å²) in [6.45, 7) is 3.35. The predicted molar refractivity (Wildman–Crippen MR) is 111 cm³/mol. The van der Waals surface area contributed by atoms with Gasteiger partial charge in [-0.1, -0.05) is 0 Å². The van der Waals surface area contributed by atoms with Crippen molar-refractivity contribution in [2.45, 2.75) is 18.9 Å². The standard InChI is InChI=1S/C21H21FN6O3/c22-17-10-23-11-19(25-17)28-3-1-2-16(28)14-8-13(21(29)30)9-15-20(14)26-18(12-24-15)27-4-6-31-7-5-27/h8-12,16H,1-7H2,(H,29,30). The van der Waals surface area contributed by atoms with Gasteiger partial charge >= 0.3 is 5.97 Å². The van der Waals surface area contributed by atoms with Gasteiger partial charge in [-0.3, -0.25) is 9.97 Å². The molecule has 3 aromatic rings. The van der Waals surface area contributed by atoms with E-state index >= 15 is 0 Å². The van der Waals surface area contributed by atoms with Crippen molar-refractivity contribution in [1.29, 1.82) is 0 Å². The molecule has 160 valence electrons. The number of morpholine rings is 1. The number of aromatic carboxylic acids is 1. The van der Waals surface area contributed by atoms with Crippen molar-refractivity contribution in [1.82, 2.24) is 19.9 Å². The van der Waals surface area contributed by atoms with Gasteiger partial charge in [-0.2, -0.15) is 9.37 Å². The van der Waals surface area contributed by atoms with Crippen molar-refractivity contribution >= 4 is 28.6 Å². The normalized spacial score (nSPS) is 19.2. The van der Waals surface area contributed by atoms with E-state index in [2.05, 4.69) is 19.9 Å². The molecule has 0 spiro atoms. The number of anilines is 2. The molecular weight excluding hydrogens is 403 g/mol. The van der Waals surface area contributed by atoms with Gasteiger partial charge in [0.2, 0.25) is 5.95 Å². The van der Waals surface area contributed by atoms with E-state index in [0.29, 0.717) is 36.6 Å². The maximum atomic E-state index is 13.7. The van der Waals surface area contributed by atoms with Crippen LogP contribution in [0.2, 0.25) is 0 Å². The molecule has 1 atom stereocenters. The van der Waals surface area contributed by atoms with E-state index in [1.807, 2.05) is 4.90 Å². The van der Waals surface area contributed by atoms with Gasteiger partial charge < -0.3 is 19.6 Å². The van der Waals surface area contributed by atoms with Crippen LogP contribution in [0.25, 0.3) is 11.0 Å². The van der Waals surface area contributed by atoms with Gasteiger partial charge in [-0.05, 0) is 25.0 Å². The molecule has 0 bridgehead atoms. The first-order valence-electron chi connectivity index (χ1n) is 10.2. The average Bonchev–Trinajstić information content (AvgIpc) is 3.28. The molecule has 9 nitrogen and oxygen atoms in total. The van der Waals surface area contributed by atoms with Crippen molar-refractivity contribution in [3.8, 4) is 0 Å². The molecule has 2 saturated heterocycles. The third-order valence-corrected chi connectivity index (χ3v) is 5.75. The molecule has 31 heavy (non-hydrogen) atoms. The molecule has 5 rings (SSSR count). The fourth-order valence-corrected chi connectivity index (χ4v) is 4.29. The van der Waals surface area contributed by atoms with Gasteiger partial charge in [0.1, 0.15) is 5.82 Å². The first-order chi connectivity index (χ1) is 15.1. The molecule has 1 N–H and O–H groups in total. The Bertz CT molecular complexity index is 1140. The minimum Gasteiger partial charge on any atom is -0.478 e. The number of carboxylic acid groups (broad SMARTS) is 1. The predicted octanol–water partition coefficient (Wildman–Crippen LogP) is 2.44. The largest absolute Gasteiger partial charge is 0.478 e. The average molecular weight is 424 g/mol. The van der Waals surface area contributed by atoms with E-state index in [1.165, 1.54) is 6.20 Å². The summed E-state index contributed by atoms with van der Waals surface area (Å²) >= 11 is 0. The minimum absolute atomic E-state index is 0.146. The van der Waals surface area contributed by atoms with Gasteiger partial charge in [0, 0.05) is 25.2 Å². The van der Waals surface area contributed by atoms with Crippen LogP contribution in [0.4, 0.5) is 16.0 Å². The van der Waals surface area contributed by atoms with Crippen LogP contribution in [0.5, 0.6) is 0 Å². The zero-order chi connectivity index (χ0) is 21.4. The second kappa shape index (κ2) is 8.03. The Morgan fingerprint density at radius 3 is 2.71 bits per heavy atom. The lowest BCUT2D eigenvalue weighted by Gasteiger charge is -2.29. The van der Waals surface area contributed by atoms with Crippen LogP contribution in [0, 0.1) is 5.95 Å². The molecule has 0 saturated carbocycles. The summed E-state index contributed by atoms with van der Waals surface area (Å²) in [5, 5.41) is 9.63. The van der Waals surface area contributed by atoms with Crippen LogP contribution >= 0.6 is 0 Å². The highest BCUT2D eigenvalue weighted by Gasteiger charge is 2.31. The molecule has 2 fully saturated rings. The lowest BCUT2D eigenvalue weighted by atomic mass is 9.99. The van der Waals surface area contributed by atoms with Gasteiger partial charge in [0.15, 0.2) is 5.82 Å². The van der Waals surface area contributed by atoms with Crippen LogP contribution < -0.4 is 9.80 Å². The molecule has 0 radical (unpaired) electrons. The molecule has 0 amide bonds. The first-order valence-corrected chi connectivity index (χ1v) is 10.2. The third-order valence-electron chi connectivity index (χ3n) is 5.75. The molecule has 4 heterocycles. The second-order valence-corrected chi connectivity index (χ2v) is 7.62. The van der Waals surface area contributed by atoms with E-state index in [1.54, 1.807) is 18.3 Å². The minimum atomic E-state index is -1.03. The molecular formula is C21H21FN6O3. The zero-order valence-corrected chi connectivity index (χ0v) is 16.7. The number of fused-ring (bicyclic) bond motifs is 1. The van der Waals surface area contributed by atoms with E-state index in [4.69, 9.17) is 9.72 Å². The van der Waals surface area contributed by atoms with Crippen molar-refractivity contribution in [3.63, 3.8) is 0 Å². The van der Waals surface area contributed by atoms with Gasteiger partial charge in [0.25, 0.3) is 0 Å². The first kappa shape index (κ1) is 19.6. The summed E-state index contributed by atoms with van der Waals surface area (Å²) in [6.07, 6.45) is 5.89. The Morgan fingerprint density at radius 2 is 1.94 bits per heavy atom. The highest BCUT2D eigenvalue weighted by atomic mass is 19.1. The van der Waals surface area contributed by atoms with Crippen molar-refractivity contribution < 1.29 is 19.0 Å². The summed E-state index contributed by atoms with van der Waals surface area (Å²) in [5.74, 6) is -0.525. The quantitative estimate of drug-likeness (QED) is 0.676. The Morgan fingerprint density at radius 1 is 1.10 bits per heavy atom. The SMILES string of the molecule is O=C(O)c1cc(C2CCCN2c2cncc(F)n2)c2nc(N3CCOCC3)cnc2c1. The fraction of sp³-hybridized carbons (Fsp3) is 0.381. The van der Waals surface area contributed by atoms with E-state index < -0.39 is 11.9 Å². The molecule has 2 aliphatic heterocycles. The monoisotopic (exact) mass is 424 g/mol. The lowest BCUT2D eigenvalue weighted by molar-refractivity contribution is 0.0697. The topological polar surface area (TPSA) is 105 Å². The van der Waals surface area contributed by atoms with Crippen LogP contribution in [0.15, 0.2) is 30.7 Å². The van der Waals surface area contributed by atoms with Crippen LogP contribution in [-0.2, 0) is 4.74 Å². The zero-order valence-electron chi connectivity index (χ0n) is 16.7. The molecule has 1 aromatic carbocycles. The summed E-state index contributed by atoms with van der Waals surface area (Å²) in [6, 6.07) is 2.99. The maximum Gasteiger partial charge on any atom is 0.335 e. The van der Waals surface area contributed by atoms with Gasteiger partial charge in [-0.25, -0.2) is 9.78 Å². The molecule has 10 heteroatoms. The van der Waals surface area contributed by atoms with Gasteiger partial charge in [0.05, 0.1) is 54.4 Å². The number of benzene rings is 1. The summed E-state index contributed by atoms with van der Waals surface area (Å²) in [4.78, 5) is 33.1. The Hall–Kier alpha value is -3.40. The highest BCUT2D eigenvalue weighted by Crippen LogP contribution is 2.38. The highest BCUT2D eigenvalue weighted by molar-refractivity contribution is 5.94. The smallest absolute Gasteiger partial charge is 0.335 e. The lowest BCUT2D eigenvalue weighted by Crippen LogP contribution is -2.36. The Kier molecular flexibility index (Phi) is 5.06. The number of carboxylic acids is 1. The van der Waals surface area contributed by atoms with Crippen LogP contribution in [0.3, 0.4) is 0 Å². The van der Waals surface area contributed by atoms with E-state index in [9.17, 15) is 14.3 Å². The van der Waals surface area contributed by atoms with Gasteiger partial charge in [-0.15, -0.1) is 0 Å². The third kappa shape index (κ3) is 3.74. The van der Waals surface area contributed by atoms with Crippen LogP contribution in [0.1, 0.15) is 34.8 Å². The van der Waals surface area contributed by atoms with Crippen LogP contribution in [-0.4, -0.2) is 63.9 Å². The fourth-order valence-electron chi connectivity index (χ4n) is 4.29. The molecule has 0 aliphatic carbocycles. The molecule has 2 aliphatic rings. The number of hydrogen-bond acceptors (Lipinski definition) is 8. The molecule has 1 unspecified atom stereocenters. The number of rotatable bonds is 4. The number of halogens is 1. The Labute approximate surface area is 177 Å². The second-order valence-electron chi connectivity index (χ2n) is 7.62. The van der Waals surface area contributed by atoms with E-state index in [-0.39, 0.29) is 11.6 Å². The number of aromatic nitrogens is 4. The number of ether oxygens (including phenoxy) is 1. The number of carbonyl (C=O) groups is 1. The number of hydrogen-bond donors (Lipinski definition) is 1. The maximum absolute atomic E-state index is 13.7. The van der Waals surface area contributed by atoms with Crippen molar-refractivity contribution in [2.75, 3.05) is 42.6 Å².